The molecule has 0 bridgehead atoms. The van der Waals surface area contributed by atoms with Gasteiger partial charge >= 0.3 is 0 Å². The molecule has 0 aliphatic rings. The van der Waals surface area contributed by atoms with Gasteiger partial charge in [0.2, 0.25) is 0 Å². The molecule has 0 heterocycles. The van der Waals surface area contributed by atoms with E-state index in [1.807, 2.05) is 7.05 Å². The van der Waals surface area contributed by atoms with Crippen LogP contribution in [0.5, 0.6) is 0 Å². The van der Waals surface area contributed by atoms with Gasteiger partial charge in [-0.2, -0.15) is 0 Å². The summed E-state index contributed by atoms with van der Waals surface area (Å²) in [5.74, 6) is 0. The van der Waals surface area contributed by atoms with Crippen LogP contribution in [0.3, 0.4) is 0 Å². The Kier molecular flexibility index (Phi) is 4.88. The molecule has 0 aromatic heterocycles. The van der Waals surface area contributed by atoms with Crippen LogP contribution in [-0.2, 0) is 0 Å². The molecule has 0 fully saturated rings. The molecule has 0 aromatic carbocycles. The molecule has 0 saturated carbocycles. The van der Waals surface area contributed by atoms with Gasteiger partial charge in [0.05, 0.1) is 0 Å². The molecular weight excluding hydrogens is 134 g/mol. The molecule has 0 aliphatic heterocycles. The third-order valence-corrected chi connectivity index (χ3v) is 1.99. The Morgan fingerprint density at radius 3 is 2.18 bits per heavy atom. The van der Waals surface area contributed by atoms with Gasteiger partial charge < -0.3 is 5.32 Å². The minimum atomic E-state index is 0.981. The summed E-state index contributed by atoms with van der Waals surface area (Å²) in [7, 11) is 1.97. The molecule has 11 heavy (non-hydrogen) atoms. The van der Waals surface area contributed by atoms with Crippen LogP contribution in [0.15, 0.2) is 23.3 Å². The Labute approximate surface area is 70.2 Å². The minimum Gasteiger partial charge on any atom is -0.316 e. The van der Waals surface area contributed by atoms with Crippen LogP contribution in [0.25, 0.3) is 0 Å². The highest BCUT2D eigenvalue weighted by Gasteiger charge is 1.98. The molecule has 0 saturated heterocycles. The second-order valence-corrected chi connectivity index (χ2v) is 2.89. The summed E-state index contributed by atoms with van der Waals surface area (Å²) >= 11 is 0. The molecule has 1 heteroatoms. The summed E-state index contributed by atoms with van der Waals surface area (Å²) in [6.07, 6.45) is 1.11. The lowest BCUT2D eigenvalue weighted by Gasteiger charge is -2.09. The fourth-order valence-electron chi connectivity index (χ4n) is 1.04. The van der Waals surface area contributed by atoms with E-state index >= 15 is 0 Å². The van der Waals surface area contributed by atoms with E-state index in [-0.39, 0.29) is 0 Å². The van der Waals surface area contributed by atoms with Crippen molar-refractivity contribution < 1.29 is 0 Å². The summed E-state index contributed by atoms with van der Waals surface area (Å²) in [6.45, 7) is 11.3. The maximum Gasteiger partial charge on any atom is 0.0167 e. The second kappa shape index (κ2) is 5.14. The predicted molar refractivity (Wildman–Crippen MR) is 51.7 cm³/mol. The number of allylic oxidation sites excluding steroid dienone is 2. The van der Waals surface area contributed by atoms with E-state index in [0.717, 1.165) is 13.0 Å². The van der Waals surface area contributed by atoms with Crippen molar-refractivity contribution in [3.05, 3.63) is 23.3 Å². The van der Waals surface area contributed by atoms with Gasteiger partial charge in [-0.05, 0) is 32.9 Å². The van der Waals surface area contributed by atoms with Crippen LogP contribution in [0.4, 0.5) is 0 Å². The lowest BCUT2D eigenvalue weighted by atomic mass is 10.0. The first-order valence-corrected chi connectivity index (χ1v) is 4.12. The molecule has 0 atom stereocenters. The molecule has 1 N–H and O–H groups in total. The first-order valence-electron chi connectivity index (χ1n) is 4.12. The highest BCUT2D eigenvalue weighted by molar-refractivity contribution is 5.30. The number of rotatable bonds is 4. The Hall–Kier alpha value is -0.560. The Morgan fingerprint density at radius 1 is 1.36 bits per heavy atom. The molecule has 64 valence electrons. The zero-order valence-electron chi connectivity index (χ0n) is 8.12. The van der Waals surface area contributed by atoms with E-state index in [2.05, 4.69) is 32.7 Å². The molecule has 0 rings (SSSR count). The van der Waals surface area contributed by atoms with Gasteiger partial charge in [0.1, 0.15) is 0 Å². The fourth-order valence-corrected chi connectivity index (χ4v) is 1.04. The van der Waals surface area contributed by atoms with Crippen molar-refractivity contribution in [2.75, 3.05) is 13.6 Å². The van der Waals surface area contributed by atoms with Gasteiger partial charge in [0.25, 0.3) is 0 Å². The van der Waals surface area contributed by atoms with E-state index in [1.165, 1.54) is 16.7 Å². The van der Waals surface area contributed by atoms with Crippen LogP contribution < -0.4 is 5.32 Å². The van der Waals surface area contributed by atoms with Crippen LogP contribution in [0, 0.1) is 0 Å². The van der Waals surface area contributed by atoms with Crippen molar-refractivity contribution in [3.63, 3.8) is 0 Å². The standard InChI is InChI=1S/C10H19N/c1-6-10(7-11-5)9(4)8(2)3/h11H,2,6-7H2,1,3-5H3/b10-9-. The third-order valence-electron chi connectivity index (χ3n) is 1.99. The summed E-state index contributed by atoms with van der Waals surface area (Å²) in [6, 6.07) is 0. The van der Waals surface area contributed by atoms with Gasteiger partial charge in [-0.25, -0.2) is 0 Å². The van der Waals surface area contributed by atoms with Gasteiger partial charge in [-0.15, -0.1) is 0 Å². The monoisotopic (exact) mass is 153 g/mol. The Balaban J connectivity index is 4.39. The molecule has 0 aliphatic carbocycles. The molecule has 0 unspecified atom stereocenters. The van der Waals surface area contributed by atoms with Crippen molar-refractivity contribution in [2.24, 2.45) is 0 Å². The zero-order chi connectivity index (χ0) is 8.85. The van der Waals surface area contributed by atoms with E-state index in [4.69, 9.17) is 0 Å². The number of hydrogen-bond acceptors (Lipinski definition) is 1. The maximum absolute atomic E-state index is 3.92. The maximum atomic E-state index is 3.92. The number of likely N-dealkylation sites (N-methyl/N-ethyl adjacent to an activating group) is 1. The summed E-state index contributed by atoms with van der Waals surface area (Å²) in [4.78, 5) is 0. The number of hydrogen-bond donors (Lipinski definition) is 1. The van der Waals surface area contributed by atoms with Gasteiger partial charge in [0.15, 0.2) is 0 Å². The Morgan fingerprint density at radius 2 is 1.91 bits per heavy atom. The van der Waals surface area contributed by atoms with E-state index in [0.29, 0.717) is 0 Å². The lowest BCUT2D eigenvalue weighted by Crippen LogP contribution is -2.11. The first kappa shape index (κ1) is 10.4. The zero-order valence-corrected chi connectivity index (χ0v) is 8.12. The van der Waals surface area contributed by atoms with Crippen molar-refractivity contribution >= 4 is 0 Å². The predicted octanol–water partition coefficient (Wildman–Crippen LogP) is 2.51. The lowest BCUT2D eigenvalue weighted by molar-refractivity contribution is 0.833. The van der Waals surface area contributed by atoms with E-state index < -0.39 is 0 Å². The molecule has 0 aromatic rings. The normalized spacial score (nSPS) is 12.7. The van der Waals surface area contributed by atoms with Crippen molar-refractivity contribution in [1.82, 2.24) is 5.32 Å². The van der Waals surface area contributed by atoms with E-state index in [9.17, 15) is 0 Å². The average Bonchev–Trinajstić information content (AvgIpc) is 1.98. The Bertz CT molecular complexity index is 166. The van der Waals surface area contributed by atoms with Crippen LogP contribution >= 0.6 is 0 Å². The molecule has 0 spiro atoms. The topological polar surface area (TPSA) is 12.0 Å². The van der Waals surface area contributed by atoms with Gasteiger partial charge in [0, 0.05) is 6.54 Å². The average molecular weight is 153 g/mol. The largest absolute Gasteiger partial charge is 0.316 e. The minimum absolute atomic E-state index is 0.981. The van der Waals surface area contributed by atoms with Crippen molar-refractivity contribution in [1.29, 1.82) is 0 Å². The summed E-state index contributed by atoms with van der Waals surface area (Å²) in [5.41, 5.74) is 3.99. The quantitative estimate of drug-likeness (QED) is 0.612. The van der Waals surface area contributed by atoms with Crippen LogP contribution in [0.2, 0.25) is 0 Å². The highest BCUT2D eigenvalue weighted by Crippen LogP contribution is 2.13. The third kappa shape index (κ3) is 3.38. The van der Waals surface area contributed by atoms with E-state index in [1.54, 1.807) is 0 Å². The van der Waals surface area contributed by atoms with Gasteiger partial charge in [-0.1, -0.05) is 24.6 Å². The summed E-state index contributed by atoms with van der Waals surface area (Å²) in [5, 5.41) is 3.16. The van der Waals surface area contributed by atoms with Crippen LogP contribution in [-0.4, -0.2) is 13.6 Å². The molecule has 0 amide bonds. The van der Waals surface area contributed by atoms with Crippen molar-refractivity contribution in [3.8, 4) is 0 Å². The van der Waals surface area contributed by atoms with Crippen molar-refractivity contribution in [2.45, 2.75) is 27.2 Å². The summed E-state index contributed by atoms with van der Waals surface area (Å²) < 4.78 is 0. The molecule has 0 radical (unpaired) electrons. The fraction of sp³-hybridized carbons (Fsp3) is 0.600. The second-order valence-electron chi connectivity index (χ2n) is 2.89. The molecule has 1 nitrogen and oxygen atoms in total. The smallest absolute Gasteiger partial charge is 0.0167 e. The number of nitrogens with one attached hydrogen (secondary N) is 1. The highest BCUT2D eigenvalue weighted by atomic mass is 14.8. The SMILES string of the molecule is C=C(C)/C(C)=C(/CC)CNC. The molecular formula is C10H19N. The van der Waals surface area contributed by atoms with Gasteiger partial charge in [-0.3, -0.25) is 0 Å². The van der Waals surface area contributed by atoms with Crippen LogP contribution in [0.1, 0.15) is 27.2 Å². The first-order chi connectivity index (χ1) is 5.13.